The standard InChI is InChI=1S/C14H22O2.C4H9OSi/c1-5-11(3)15-13-9-7-8-10-14(13)16-12(4)6-2;1-3-4(2)5-6/h7-12H,5-6H2,1-4H3;4H,3H2,1-2H3. The van der Waals surface area contributed by atoms with Crippen LogP contribution in [0.4, 0.5) is 0 Å². The van der Waals surface area contributed by atoms with E-state index in [0.717, 1.165) is 30.8 Å². The predicted molar refractivity (Wildman–Crippen MR) is 93.8 cm³/mol. The molecule has 3 nitrogen and oxygen atoms in total. The fraction of sp³-hybridized carbons (Fsp3) is 0.667. The van der Waals surface area contributed by atoms with Crippen molar-refractivity contribution in [2.45, 2.75) is 79.1 Å². The smallest absolute Gasteiger partial charge is 0.246 e. The lowest BCUT2D eigenvalue weighted by atomic mass is 10.2. The van der Waals surface area contributed by atoms with Crippen molar-refractivity contribution >= 4 is 10.5 Å². The van der Waals surface area contributed by atoms with Crippen LogP contribution in [0, 0.1) is 0 Å². The van der Waals surface area contributed by atoms with Crippen molar-refractivity contribution in [1.29, 1.82) is 0 Å². The minimum absolute atomic E-state index is 0.224. The van der Waals surface area contributed by atoms with Crippen molar-refractivity contribution in [1.82, 2.24) is 0 Å². The molecule has 0 saturated carbocycles. The number of hydrogen-bond donors (Lipinski definition) is 0. The lowest BCUT2D eigenvalue weighted by Gasteiger charge is -2.18. The molecule has 1 rings (SSSR count). The van der Waals surface area contributed by atoms with Gasteiger partial charge in [-0.25, -0.2) is 0 Å². The number of para-hydroxylation sites is 2. The topological polar surface area (TPSA) is 27.7 Å². The van der Waals surface area contributed by atoms with E-state index in [1.807, 2.05) is 31.2 Å². The largest absolute Gasteiger partial charge is 0.487 e. The molecule has 1 aromatic carbocycles. The quantitative estimate of drug-likeness (QED) is 0.635. The second-order valence-corrected chi connectivity index (χ2v) is 5.69. The number of hydrogen-bond acceptors (Lipinski definition) is 3. The summed E-state index contributed by atoms with van der Waals surface area (Å²) in [5.41, 5.74) is 0. The third-order valence-corrected chi connectivity index (χ3v) is 3.83. The Morgan fingerprint density at radius 1 is 0.773 bits per heavy atom. The van der Waals surface area contributed by atoms with Gasteiger partial charge in [0.15, 0.2) is 11.5 Å². The van der Waals surface area contributed by atoms with Crippen molar-refractivity contribution < 1.29 is 13.9 Å². The Bertz CT molecular complexity index is 349. The van der Waals surface area contributed by atoms with E-state index in [9.17, 15) is 0 Å². The first-order valence-corrected chi connectivity index (χ1v) is 8.63. The first kappa shape index (κ1) is 21.0. The maximum absolute atomic E-state index is 5.82. The van der Waals surface area contributed by atoms with Gasteiger partial charge in [-0.3, -0.25) is 0 Å². The maximum Gasteiger partial charge on any atom is 0.246 e. The fourth-order valence-corrected chi connectivity index (χ4v) is 1.50. The highest BCUT2D eigenvalue weighted by atomic mass is 28.2. The van der Waals surface area contributed by atoms with Crippen LogP contribution in [0.5, 0.6) is 11.5 Å². The van der Waals surface area contributed by atoms with Crippen LogP contribution in [0.3, 0.4) is 0 Å². The molecule has 3 atom stereocenters. The molecule has 0 bridgehead atoms. The molecule has 4 heteroatoms. The molecular formula is C18H31O3Si. The summed E-state index contributed by atoms with van der Waals surface area (Å²) in [6, 6.07) is 7.87. The van der Waals surface area contributed by atoms with Crippen molar-refractivity contribution in [3.8, 4) is 11.5 Å². The van der Waals surface area contributed by atoms with Gasteiger partial charge in [-0.15, -0.1) is 0 Å². The molecule has 0 amide bonds. The van der Waals surface area contributed by atoms with E-state index in [0.29, 0.717) is 6.10 Å². The summed E-state index contributed by atoms with van der Waals surface area (Å²) in [7, 11) is 2.92. The van der Waals surface area contributed by atoms with Crippen LogP contribution in [0.2, 0.25) is 0 Å². The van der Waals surface area contributed by atoms with Gasteiger partial charge < -0.3 is 13.9 Å². The molecule has 125 valence electrons. The Labute approximate surface area is 139 Å². The molecule has 0 N–H and O–H groups in total. The lowest BCUT2D eigenvalue weighted by Crippen LogP contribution is -2.14. The van der Waals surface area contributed by atoms with Crippen LogP contribution < -0.4 is 9.47 Å². The molecule has 22 heavy (non-hydrogen) atoms. The molecule has 1 aromatic rings. The average Bonchev–Trinajstić information content (AvgIpc) is 2.56. The van der Waals surface area contributed by atoms with E-state index in [-0.39, 0.29) is 12.2 Å². The second kappa shape index (κ2) is 12.5. The zero-order valence-corrected chi connectivity index (χ0v) is 15.9. The summed E-state index contributed by atoms with van der Waals surface area (Å²) >= 11 is 0. The summed E-state index contributed by atoms with van der Waals surface area (Å²) in [6.07, 6.45) is 3.85. The van der Waals surface area contributed by atoms with Crippen LogP contribution in [0.25, 0.3) is 0 Å². The van der Waals surface area contributed by atoms with Crippen molar-refractivity contribution in [2.24, 2.45) is 0 Å². The van der Waals surface area contributed by atoms with Crippen LogP contribution in [0.15, 0.2) is 24.3 Å². The maximum atomic E-state index is 5.82. The summed E-state index contributed by atoms with van der Waals surface area (Å²) in [5.74, 6) is 1.69. The minimum Gasteiger partial charge on any atom is -0.487 e. The van der Waals surface area contributed by atoms with E-state index in [1.54, 1.807) is 0 Å². The fourth-order valence-electron chi connectivity index (χ4n) is 1.33. The summed E-state index contributed by atoms with van der Waals surface area (Å²) in [5, 5.41) is 0. The summed E-state index contributed by atoms with van der Waals surface area (Å²) < 4.78 is 16.3. The van der Waals surface area contributed by atoms with Gasteiger partial charge in [0.1, 0.15) is 0 Å². The van der Waals surface area contributed by atoms with Crippen LogP contribution in [0.1, 0.15) is 60.8 Å². The normalized spacial score (nSPS) is 14.3. The van der Waals surface area contributed by atoms with E-state index < -0.39 is 0 Å². The van der Waals surface area contributed by atoms with E-state index >= 15 is 0 Å². The summed E-state index contributed by atoms with van der Waals surface area (Å²) in [4.78, 5) is 0. The van der Waals surface area contributed by atoms with Crippen molar-refractivity contribution in [2.75, 3.05) is 0 Å². The molecule has 3 unspecified atom stereocenters. The predicted octanol–water partition coefficient (Wildman–Crippen LogP) is 4.93. The third kappa shape index (κ3) is 9.10. The van der Waals surface area contributed by atoms with Crippen LogP contribution in [-0.2, 0) is 4.43 Å². The molecule has 0 heterocycles. The van der Waals surface area contributed by atoms with Crippen LogP contribution in [-0.4, -0.2) is 28.8 Å². The molecule has 3 radical (unpaired) electrons. The molecule has 0 aliphatic rings. The highest BCUT2D eigenvalue weighted by Gasteiger charge is 2.09. The molecule has 0 aliphatic heterocycles. The summed E-state index contributed by atoms with van der Waals surface area (Å²) in [6.45, 7) is 12.4. The Kier molecular flexibility index (Phi) is 12.0. The Hall–Kier alpha value is -1.00. The molecule has 0 aromatic heterocycles. The van der Waals surface area contributed by atoms with Gasteiger partial charge in [0, 0.05) is 6.10 Å². The van der Waals surface area contributed by atoms with Crippen molar-refractivity contribution in [3.05, 3.63) is 24.3 Å². The average molecular weight is 324 g/mol. The monoisotopic (exact) mass is 323 g/mol. The van der Waals surface area contributed by atoms with Gasteiger partial charge >= 0.3 is 0 Å². The van der Waals surface area contributed by atoms with Gasteiger partial charge in [-0.05, 0) is 52.2 Å². The first-order valence-electron chi connectivity index (χ1n) is 8.22. The highest BCUT2D eigenvalue weighted by Crippen LogP contribution is 2.29. The zero-order valence-electron chi connectivity index (χ0n) is 14.9. The zero-order chi connectivity index (χ0) is 17.0. The highest BCUT2D eigenvalue weighted by molar-refractivity contribution is 5.98. The third-order valence-electron chi connectivity index (χ3n) is 3.43. The Morgan fingerprint density at radius 2 is 1.14 bits per heavy atom. The molecule has 0 spiro atoms. The first-order chi connectivity index (χ1) is 10.5. The number of ether oxygens (including phenoxy) is 2. The number of benzene rings is 1. The van der Waals surface area contributed by atoms with Gasteiger partial charge in [-0.2, -0.15) is 0 Å². The minimum atomic E-state index is 0.224. The number of rotatable bonds is 8. The van der Waals surface area contributed by atoms with E-state index in [1.165, 1.54) is 0 Å². The second-order valence-electron chi connectivity index (χ2n) is 5.46. The van der Waals surface area contributed by atoms with Gasteiger partial charge in [0.2, 0.25) is 10.5 Å². The van der Waals surface area contributed by atoms with E-state index in [2.05, 4.69) is 45.1 Å². The molecular weight excluding hydrogens is 292 g/mol. The molecule has 0 aliphatic carbocycles. The molecule has 0 fully saturated rings. The Morgan fingerprint density at radius 3 is 1.36 bits per heavy atom. The van der Waals surface area contributed by atoms with Gasteiger partial charge in [0.05, 0.1) is 12.2 Å². The molecule has 0 saturated heterocycles. The van der Waals surface area contributed by atoms with Gasteiger partial charge in [0.25, 0.3) is 0 Å². The van der Waals surface area contributed by atoms with Crippen LogP contribution >= 0.6 is 0 Å². The van der Waals surface area contributed by atoms with Gasteiger partial charge in [-0.1, -0.05) is 32.9 Å². The Balaban J connectivity index is 0.000000626. The van der Waals surface area contributed by atoms with E-state index in [4.69, 9.17) is 13.9 Å². The van der Waals surface area contributed by atoms with Crippen molar-refractivity contribution in [3.63, 3.8) is 0 Å². The lowest BCUT2D eigenvalue weighted by molar-refractivity contribution is 0.177. The SMILES string of the molecule is CCC(C)O[Si].CCC(C)Oc1ccccc1OC(C)CC.